The third kappa shape index (κ3) is 4.66. The minimum absolute atomic E-state index is 0.106. The van der Waals surface area contributed by atoms with Gasteiger partial charge in [0.2, 0.25) is 5.96 Å². The number of likely N-dealkylation sites (N-methyl/N-ethyl adjacent to an activating group) is 1. The molecule has 1 aromatic rings. The van der Waals surface area contributed by atoms with Crippen LogP contribution in [0.5, 0.6) is 5.75 Å². The van der Waals surface area contributed by atoms with Crippen LogP contribution in [0, 0.1) is 0 Å². The van der Waals surface area contributed by atoms with E-state index in [1.165, 1.54) is 17.7 Å². The van der Waals surface area contributed by atoms with Crippen LogP contribution < -0.4 is 9.64 Å². The highest BCUT2D eigenvalue weighted by Crippen LogP contribution is 2.33. The molecule has 3 aliphatic rings. The average molecular weight is 456 g/mol. The minimum Gasteiger partial charge on any atom is -0.494 e. The molecule has 0 aromatic heterocycles. The molecule has 2 unspecified atom stereocenters. The zero-order valence-electron chi connectivity index (χ0n) is 20.2. The lowest BCUT2D eigenvalue weighted by atomic mass is 10.1. The molecule has 0 radical (unpaired) electrons. The molecule has 8 heteroatoms. The lowest BCUT2D eigenvalue weighted by Crippen LogP contribution is -2.65. The third-order valence-electron chi connectivity index (χ3n) is 6.79. The second-order valence-corrected chi connectivity index (χ2v) is 9.06. The number of unbranched alkanes of at least 4 members (excludes halogenated alkanes) is 4. The average Bonchev–Trinajstić information content (AvgIpc) is 3.08. The summed E-state index contributed by atoms with van der Waals surface area (Å²) in [4.78, 5) is 38.9. The van der Waals surface area contributed by atoms with Gasteiger partial charge in [-0.15, -0.1) is 0 Å². The number of carbonyl (C=O) groups is 2. The Labute approximate surface area is 197 Å². The monoisotopic (exact) mass is 455 g/mol. The summed E-state index contributed by atoms with van der Waals surface area (Å²) < 4.78 is 5.59. The van der Waals surface area contributed by atoms with Gasteiger partial charge in [0.05, 0.1) is 6.61 Å². The van der Waals surface area contributed by atoms with Gasteiger partial charge < -0.3 is 19.4 Å². The van der Waals surface area contributed by atoms with E-state index >= 15 is 0 Å². The van der Waals surface area contributed by atoms with Gasteiger partial charge in [0.15, 0.2) is 12.2 Å². The fourth-order valence-corrected chi connectivity index (χ4v) is 4.99. The molecule has 8 nitrogen and oxygen atoms in total. The highest BCUT2D eigenvalue weighted by atomic mass is 16.5. The van der Waals surface area contributed by atoms with Gasteiger partial charge in [0.25, 0.3) is 5.91 Å². The largest absolute Gasteiger partial charge is 0.494 e. The summed E-state index contributed by atoms with van der Waals surface area (Å²) in [5.74, 6) is 1.53. The highest BCUT2D eigenvalue weighted by Gasteiger charge is 2.53. The zero-order valence-corrected chi connectivity index (χ0v) is 20.2. The molecular formula is C25H37N5O3. The molecule has 2 atom stereocenters. The fourth-order valence-electron chi connectivity index (χ4n) is 4.99. The molecule has 3 heterocycles. The smallest absolute Gasteiger partial charge is 0.328 e. The number of ether oxygens (including phenoxy) is 1. The first-order valence-electron chi connectivity index (χ1n) is 12.5. The van der Waals surface area contributed by atoms with Gasteiger partial charge in [0.1, 0.15) is 5.75 Å². The SMILES string of the molecule is CCCCCCCN1C(=O)C2C(N=C3N(c4ccc(OCC)cc4)CCCCN32)N(C)C1=O. The second-order valence-electron chi connectivity index (χ2n) is 9.06. The third-order valence-corrected chi connectivity index (χ3v) is 6.79. The molecule has 3 aliphatic heterocycles. The summed E-state index contributed by atoms with van der Waals surface area (Å²) >= 11 is 0. The predicted octanol–water partition coefficient (Wildman–Crippen LogP) is 3.92. The Balaban J connectivity index is 1.54. The van der Waals surface area contributed by atoms with Crippen LogP contribution in [-0.4, -0.2) is 78.1 Å². The van der Waals surface area contributed by atoms with Crippen molar-refractivity contribution in [3.05, 3.63) is 24.3 Å². The van der Waals surface area contributed by atoms with Gasteiger partial charge in [-0.25, -0.2) is 9.79 Å². The maximum Gasteiger partial charge on any atom is 0.328 e. The van der Waals surface area contributed by atoms with E-state index in [4.69, 9.17) is 9.73 Å². The molecule has 33 heavy (non-hydrogen) atoms. The summed E-state index contributed by atoms with van der Waals surface area (Å²) in [6, 6.07) is 7.35. The number of anilines is 1. The summed E-state index contributed by atoms with van der Waals surface area (Å²) in [6.45, 7) is 6.87. The maximum atomic E-state index is 13.5. The van der Waals surface area contributed by atoms with Crippen LogP contribution in [-0.2, 0) is 4.79 Å². The molecule has 4 rings (SSSR count). The number of rotatable bonds is 9. The van der Waals surface area contributed by atoms with E-state index in [0.717, 1.165) is 62.6 Å². The Morgan fingerprint density at radius 1 is 1.00 bits per heavy atom. The van der Waals surface area contributed by atoms with Crippen molar-refractivity contribution in [3.63, 3.8) is 0 Å². The van der Waals surface area contributed by atoms with E-state index < -0.39 is 12.2 Å². The van der Waals surface area contributed by atoms with Gasteiger partial charge in [-0.1, -0.05) is 32.6 Å². The van der Waals surface area contributed by atoms with Gasteiger partial charge in [-0.2, -0.15) is 0 Å². The second kappa shape index (κ2) is 10.4. The lowest BCUT2D eigenvalue weighted by molar-refractivity contribution is -0.137. The Morgan fingerprint density at radius 2 is 1.73 bits per heavy atom. The van der Waals surface area contributed by atoms with Crippen LogP contribution in [0.25, 0.3) is 0 Å². The number of benzene rings is 1. The van der Waals surface area contributed by atoms with Crippen LogP contribution in [0.3, 0.4) is 0 Å². The number of urea groups is 1. The Bertz CT molecular complexity index is 871. The molecule has 1 aromatic carbocycles. The first-order valence-corrected chi connectivity index (χ1v) is 12.5. The number of fused-ring (bicyclic) bond motifs is 3. The summed E-state index contributed by atoms with van der Waals surface area (Å²) in [6.07, 6.45) is 6.94. The fraction of sp³-hybridized carbons (Fsp3) is 0.640. The number of guanidine groups is 1. The Morgan fingerprint density at radius 3 is 2.45 bits per heavy atom. The van der Waals surface area contributed by atoms with Crippen LogP contribution in [0.15, 0.2) is 29.3 Å². The van der Waals surface area contributed by atoms with Gasteiger partial charge >= 0.3 is 6.03 Å². The highest BCUT2D eigenvalue weighted by molar-refractivity contribution is 6.07. The molecular weight excluding hydrogens is 418 g/mol. The summed E-state index contributed by atoms with van der Waals surface area (Å²) in [7, 11) is 1.77. The predicted molar refractivity (Wildman–Crippen MR) is 130 cm³/mol. The molecule has 0 saturated carbocycles. The molecule has 2 fully saturated rings. The van der Waals surface area contributed by atoms with Gasteiger partial charge in [-0.05, 0) is 50.5 Å². The lowest BCUT2D eigenvalue weighted by Gasteiger charge is -2.41. The standard InChI is InChI=1S/C25H37N5O3/c1-4-6-7-8-9-18-30-23(31)21-22(27(3)25(30)32)26-24-28(16-10-11-17-29(21)24)19-12-14-20(15-13-19)33-5-2/h12-15,21-22H,4-11,16-18H2,1-3H3. The van der Waals surface area contributed by atoms with Crippen molar-refractivity contribution in [2.24, 2.45) is 4.99 Å². The van der Waals surface area contributed by atoms with E-state index in [1.54, 1.807) is 11.9 Å². The molecule has 0 bridgehead atoms. The topological polar surface area (TPSA) is 68.7 Å². The van der Waals surface area contributed by atoms with Crippen molar-refractivity contribution in [3.8, 4) is 5.75 Å². The number of amides is 3. The van der Waals surface area contributed by atoms with Crippen molar-refractivity contribution < 1.29 is 14.3 Å². The van der Waals surface area contributed by atoms with Crippen molar-refractivity contribution in [1.29, 1.82) is 0 Å². The first-order chi connectivity index (χ1) is 16.1. The van der Waals surface area contributed by atoms with E-state index in [1.807, 2.05) is 31.2 Å². The molecule has 0 spiro atoms. The van der Waals surface area contributed by atoms with Gasteiger partial charge in [0, 0.05) is 32.4 Å². The van der Waals surface area contributed by atoms with E-state index in [0.29, 0.717) is 13.2 Å². The van der Waals surface area contributed by atoms with Crippen molar-refractivity contribution in [2.75, 3.05) is 38.2 Å². The van der Waals surface area contributed by atoms with E-state index in [-0.39, 0.29) is 11.9 Å². The van der Waals surface area contributed by atoms with E-state index in [2.05, 4.69) is 16.7 Å². The van der Waals surface area contributed by atoms with Crippen molar-refractivity contribution in [1.82, 2.24) is 14.7 Å². The molecule has 0 N–H and O–H groups in total. The molecule has 0 aliphatic carbocycles. The van der Waals surface area contributed by atoms with Gasteiger partial charge in [-0.3, -0.25) is 9.69 Å². The van der Waals surface area contributed by atoms with Crippen LogP contribution >= 0.6 is 0 Å². The quantitative estimate of drug-likeness (QED) is 0.528. The molecule has 2 saturated heterocycles. The van der Waals surface area contributed by atoms with Crippen molar-refractivity contribution >= 4 is 23.6 Å². The normalized spacial score (nSPS) is 22.8. The number of carbonyl (C=O) groups excluding carboxylic acids is 2. The van der Waals surface area contributed by atoms with Crippen molar-refractivity contribution in [2.45, 2.75) is 71.0 Å². The maximum absolute atomic E-state index is 13.5. The minimum atomic E-state index is -0.473. The number of imide groups is 1. The van der Waals surface area contributed by atoms with Crippen LogP contribution in [0.4, 0.5) is 10.5 Å². The Kier molecular flexibility index (Phi) is 7.40. The molecule has 3 amide bonds. The van der Waals surface area contributed by atoms with E-state index in [9.17, 15) is 9.59 Å². The summed E-state index contributed by atoms with van der Waals surface area (Å²) in [5, 5.41) is 0. The number of nitrogens with zero attached hydrogens (tertiary/aromatic N) is 5. The molecule has 180 valence electrons. The summed E-state index contributed by atoms with van der Waals surface area (Å²) in [5.41, 5.74) is 1.02. The van der Waals surface area contributed by atoms with Crippen LogP contribution in [0.1, 0.15) is 58.8 Å². The Hall–Kier alpha value is -2.77. The first kappa shape index (κ1) is 23.4. The number of hydrogen-bond donors (Lipinski definition) is 0. The zero-order chi connectivity index (χ0) is 23.4. The number of hydrogen-bond acceptors (Lipinski definition) is 6. The number of aliphatic imine (C=N–C) groups is 1. The van der Waals surface area contributed by atoms with Crippen LogP contribution in [0.2, 0.25) is 0 Å².